The zero-order valence-corrected chi connectivity index (χ0v) is 10.2. The second-order valence-corrected chi connectivity index (χ2v) is 4.48. The molecule has 0 saturated carbocycles. The van der Waals surface area contributed by atoms with Gasteiger partial charge in [0.1, 0.15) is 10.7 Å². The van der Waals surface area contributed by atoms with Crippen molar-refractivity contribution < 1.29 is 9.53 Å². The fourth-order valence-electron chi connectivity index (χ4n) is 1.25. The van der Waals surface area contributed by atoms with E-state index in [2.05, 4.69) is 4.74 Å². The zero-order valence-electron chi connectivity index (χ0n) is 8.64. The van der Waals surface area contributed by atoms with Crippen LogP contribution < -0.4 is 0 Å². The fraction of sp³-hybridized carbons (Fsp3) is 0.273. The third-order valence-electron chi connectivity index (χ3n) is 1.97. The van der Waals surface area contributed by atoms with Crippen molar-refractivity contribution >= 4 is 29.3 Å². The number of ether oxygens (including phenoxy) is 1. The van der Waals surface area contributed by atoms with Gasteiger partial charge in [0, 0.05) is 5.02 Å². The van der Waals surface area contributed by atoms with Crippen molar-refractivity contribution in [3.05, 3.63) is 34.9 Å². The Balaban J connectivity index is 2.76. The lowest BCUT2D eigenvalue weighted by molar-refractivity contribution is -0.139. The van der Waals surface area contributed by atoms with Gasteiger partial charge in [-0.3, -0.25) is 4.79 Å². The summed E-state index contributed by atoms with van der Waals surface area (Å²) in [6.45, 7) is 0. The van der Waals surface area contributed by atoms with Crippen LogP contribution in [0.5, 0.6) is 0 Å². The van der Waals surface area contributed by atoms with Crippen LogP contribution in [0.15, 0.2) is 24.3 Å². The van der Waals surface area contributed by atoms with E-state index < -0.39 is 11.2 Å². The SMILES string of the molecule is COC(=O)C(Cc1cccc(Cl)c1)SC#N. The number of rotatable bonds is 4. The van der Waals surface area contributed by atoms with Gasteiger partial charge < -0.3 is 4.74 Å². The van der Waals surface area contributed by atoms with Gasteiger partial charge in [0.05, 0.1) is 7.11 Å². The van der Waals surface area contributed by atoms with Crippen LogP contribution in [0.4, 0.5) is 0 Å². The van der Waals surface area contributed by atoms with Crippen molar-refractivity contribution in [2.24, 2.45) is 0 Å². The number of methoxy groups -OCH3 is 1. The molecular formula is C11H10ClNO2S. The maximum atomic E-state index is 11.4. The van der Waals surface area contributed by atoms with Crippen LogP contribution in [0, 0.1) is 10.7 Å². The summed E-state index contributed by atoms with van der Waals surface area (Å²) in [5.41, 5.74) is 0.908. The summed E-state index contributed by atoms with van der Waals surface area (Å²) < 4.78 is 4.62. The molecule has 0 bridgehead atoms. The number of nitrogens with zero attached hydrogens (tertiary/aromatic N) is 1. The molecule has 1 rings (SSSR count). The smallest absolute Gasteiger partial charge is 0.320 e. The van der Waals surface area contributed by atoms with E-state index >= 15 is 0 Å². The molecule has 84 valence electrons. The van der Waals surface area contributed by atoms with Crippen molar-refractivity contribution in [3.63, 3.8) is 0 Å². The average molecular weight is 256 g/mol. The van der Waals surface area contributed by atoms with Gasteiger partial charge in [-0.1, -0.05) is 23.7 Å². The van der Waals surface area contributed by atoms with Gasteiger partial charge in [0.25, 0.3) is 0 Å². The molecular weight excluding hydrogens is 246 g/mol. The van der Waals surface area contributed by atoms with Gasteiger partial charge in [-0.15, -0.1) is 0 Å². The normalized spacial score (nSPS) is 11.6. The lowest BCUT2D eigenvalue weighted by atomic mass is 10.1. The van der Waals surface area contributed by atoms with E-state index in [0.29, 0.717) is 11.4 Å². The molecule has 0 aliphatic carbocycles. The first-order valence-corrected chi connectivity index (χ1v) is 5.80. The van der Waals surface area contributed by atoms with E-state index in [-0.39, 0.29) is 0 Å². The molecule has 0 saturated heterocycles. The number of carbonyl (C=O) groups is 1. The molecule has 16 heavy (non-hydrogen) atoms. The van der Waals surface area contributed by atoms with Crippen LogP contribution in [0.2, 0.25) is 5.02 Å². The number of hydrogen-bond acceptors (Lipinski definition) is 4. The molecule has 5 heteroatoms. The summed E-state index contributed by atoms with van der Waals surface area (Å²) in [4.78, 5) is 11.4. The first-order chi connectivity index (χ1) is 7.67. The lowest BCUT2D eigenvalue weighted by Crippen LogP contribution is -2.20. The molecule has 0 heterocycles. The highest BCUT2D eigenvalue weighted by Crippen LogP contribution is 2.19. The minimum atomic E-state index is -0.506. The van der Waals surface area contributed by atoms with Crippen molar-refractivity contribution in [3.8, 4) is 5.40 Å². The fourth-order valence-corrected chi connectivity index (χ4v) is 2.05. The maximum absolute atomic E-state index is 11.4. The van der Waals surface area contributed by atoms with Crippen molar-refractivity contribution in [1.29, 1.82) is 5.26 Å². The lowest BCUT2D eigenvalue weighted by Gasteiger charge is -2.10. The highest BCUT2D eigenvalue weighted by Gasteiger charge is 2.20. The van der Waals surface area contributed by atoms with E-state index in [1.54, 1.807) is 12.1 Å². The molecule has 1 unspecified atom stereocenters. The van der Waals surface area contributed by atoms with Gasteiger partial charge in [-0.05, 0) is 35.9 Å². The molecule has 0 amide bonds. The Bertz CT molecular complexity index is 417. The first-order valence-electron chi connectivity index (χ1n) is 4.54. The third kappa shape index (κ3) is 3.76. The Labute approximate surface area is 103 Å². The summed E-state index contributed by atoms with van der Waals surface area (Å²) in [6.07, 6.45) is 0.436. The highest BCUT2D eigenvalue weighted by atomic mass is 35.5. The van der Waals surface area contributed by atoms with Gasteiger partial charge in [-0.25, -0.2) is 0 Å². The molecule has 1 atom stereocenters. The van der Waals surface area contributed by atoms with Gasteiger partial charge in [-0.2, -0.15) is 5.26 Å². The van der Waals surface area contributed by atoms with E-state index in [1.165, 1.54) is 7.11 Å². The number of halogens is 1. The molecule has 0 spiro atoms. The van der Waals surface area contributed by atoms with Crippen LogP contribution >= 0.6 is 23.4 Å². The molecule has 1 aromatic carbocycles. The number of hydrogen-bond donors (Lipinski definition) is 0. The summed E-state index contributed by atoms with van der Waals surface area (Å²) in [5.74, 6) is -0.397. The molecule has 0 N–H and O–H groups in total. The molecule has 0 radical (unpaired) electrons. The number of nitriles is 1. The number of thioether (sulfide) groups is 1. The van der Waals surface area contributed by atoms with Crippen molar-refractivity contribution in [1.82, 2.24) is 0 Å². The Morgan fingerprint density at radius 3 is 3.00 bits per heavy atom. The minimum absolute atomic E-state index is 0.397. The number of esters is 1. The van der Waals surface area contributed by atoms with Crippen LogP contribution in [-0.4, -0.2) is 18.3 Å². The molecule has 0 aliphatic heterocycles. The van der Waals surface area contributed by atoms with Crippen LogP contribution in [-0.2, 0) is 16.0 Å². The molecule has 0 aromatic heterocycles. The Morgan fingerprint density at radius 1 is 1.69 bits per heavy atom. The Kier molecular flexibility index (Phi) is 5.17. The second-order valence-electron chi connectivity index (χ2n) is 3.05. The predicted octanol–water partition coefficient (Wildman–Crippen LogP) is 2.64. The average Bonchev–Trinajstić information content (AvgIpc) is 2.27. The monoisotopic (exact) mass is 255 g/mol. The summed E-state index contributed by atoms with van der Waals surface area (Å²) in [7, 11) is 1.31. The zero-order chi connectivity index (χ0) is 12.0. The van der Waals surface area contributed by atoms with E-state index in [4.69, 9.17) is 16.9 Å². The van der Waals surface area contributed by atoms with E-state index in [1.807, 2.05) is 17.5 Å². The quantitative estimate of drug-likeness (QED) is 0.613. The van der Waals surface area contributed by atoms with Gasteiger partial charge in [0.15, 0.2) is 0 Å². The van der Waals surface area contributed by atoms with E-state index in [9.17, 15) is 4.79 Å². The van der Waals surface area contributed by atoms with Crippen LogP contribution in [0.1, 0.15) is 5.56 Å². The standard InChI is InChI=1S/C11H10ClNO2S/c1-15-11(14)10(16-7-13)6-8-3-2-4-9(12)5-8/h2-5,10H,6H2,1H3. The molecule has 0 aliphatic rings. The number of thiocyanates is 1. The van der Waals surface area contributed by atoms with E-state index in [0.717, 1.165) is 17.3 Å². The molecule has 0 fully saturated rings. The summed E-state index contributed by atoms with van der Waals surface area (Å²) in [6, 6.07) is 7.20. The molecule has 3 nitrogen and oxygen atoms in total. The second kappa shape index (κ2) is 6.41. The Morgan fingerprint density at radius 2 is 2.44 bits per heavy atom. The Hall–Kier alpha value is -1.18. The highest BCUT2D eigenvalue weighted by molar-refractivity contribution is 8.04. The largest absolute Gasteiger partial charge is 0.468 e. The van der Waals surface area contributed by atoms with Gasteiger partial charge >= 0.3 is 5.97 Å². The first kappa shape index (κ1) is 12.9. The van der Waals surface area contributed by atoms with Crippen molar-refractivity contribution in [2.45, 2.75) is 11.7 Å². The van der Waals surface area contributed by atoms with Crippen LogP contribution in [0.25, 0.3) is 0 Å². The summed E-state index contributed by atoms with van der Waals surface area (Å²) in [5, 5.41) is 10.6. The maximum Gasteiger partial charge on any atom is 0.320 e. The minimum Gasteiger partial charge on any atom is -0.468 e. The van der Waals surface area contributed by atoms with Crippen LogP contribution in [0.3, 0.4) is 0 Å². The number of carbonyl (C=O) groups excluding carboxylic acids is 1. The van der Waals surface area contributed by atoms with Gasteiger partial charge in [0.2, 0.25) is 0 Å². The summed E-state index contributed by atoms with van der Waals surface area (Å²) >= 11 is 6.73. The topological polar surface area (TPSA) is 50.1 Å². The number of benzene rings is 1. The molecule has 1 aromatic rings. The third-order valence-corrected chi connectivity index (χ3v) is 2.95. The van der Waals surface area contributed by atoms with Crippen molar-refractivity contribution in [2.75, 3.05) is 7.11 Å². The predicted molar refractivity (Wildman–Crippen MR) is 64.2 cm³/mol.